The number of rotatable bonds is 1. The summed E-state index contributed by atoms with van der Waals surface area (Å²) in [6.07, 6.45) is 1.23. The fourth-order valence-corrected chi connectivity index (χ4v) is 2.37. The Kier molecular flexibility index (Phi) is 1.46. The van der Waals surface area contributed by atoms with Crippen LogP contribution in [0.4, 0.5) is 0 Å². The molecule has 0 aromatic heterocycles. The third-order valence-electron chi connectivity index (χ3n) is 2.17. The molecule has 2 aliphatic heterocycles. The fraction of sp³-hybridized carbons (Fsp3) is 1.00. The Morgan fingerprint density at radius 3 is 2.89 bits per heavy atom. The molecule has 0 amide bonds. The molecule has 2 nitrogen and oxygen atoms in total. The van der Waals surface area contributed by atoms with Gasteiger partial charge in [-0.1, -0.05) is 22.6 Å². The maximum Gasteiger partial charge on any atom is 0.0911 e. The van der Waals surface area contributed by atoms with Crippen molar-refractivity contribution in [1.29, 1.82) is 0 Å². The van der Waals surface area contributed by atoms with E-state index in [1.54, 1.807) is 0 Å². The van der Waals surface area contributed by atoms with E-state index in [4.69, 9.17) is 4.74 Å². The second-order valence-corrected chi connectivity index (χ2v) is 3.67. The molecule has 52 valence electrons. The first-order valence-electron chi connectivity index (χ1n) is 3.28. The number of alkyl halides is 1. The lowest BCUT2D eigenvalue weighted by atomic mass is 10.1. The Labute approximate surface area is 68.5 Å². The van der Waals surface area contributed by atoms with Gasteiger partial charge in [0.2, 0.25) is 0 Å². The zero-order valence-corrected chi connectivity index (χ0v) is 7.35. The van der Waals surface area contributed by atoms with Gasteiger partial charge in [-0.15, -0.1) is 0 Å². The molecule has 0 aliphatic carbocycles. The predicted octanol–water partition coefficient (Wildman–Crippen LogP) is 0.552. The lowest BCUT2D eigenvalue weighted by Gasteiger charge is -2.23. The monoisotopic (exact) mass is 239 g/mol. The van der Waals surface area contributed by atoms with Crippen LogP contribution in [0.5, 0.6) is 0 Å². The minimum absolute atomic E-state index is 0.227. The van der Waals surface area contributed by atoms with Gasteiger partial charge in [-0.25, -0.2) is 0 Å². The zero-order chi connectivity index (χ0) is 6.32. The maximum absolute atomic E-state index is 5.62. The summed E-state index contributed by atoms with van der Waals surface area (Å²) < 4.78 is 6.75. The summed E-state index contributed by atoms with van der Waals surface area (Å²) in [6, 6.07) is 0.666. The number of hydrogen-bond acceptors (Lipinski definition) is 2. The van der Waals surface area contributed by atoms with E-state index in [1.165, 1.54) is 6.42 Å². The third kappa shape index (κ3) is 0.897. The second-order valence-electron chi connectivity index (χ2n) is 2.91. The zero-order valence-electron chi connectivity index (χ0n) is 5.19. The summed E-state index contributed by atoms with van der Waals surface area (Å²) in [5.74, 6) is 0. The Morgan fingerprint density at radius 1 is 1.78 bits per heavy atom. The molecule has 2 rings (SSSR count). The Bertz CT molecular complexity index is 120. The number of hydrogen-bond donors (Lipinski definition) is 1. The van der Waals surface area contributed by atoms with Crippen LogP contribution in [0.3, 0.4) is 0 Å². The van der Waals surface area contributed by atoms with Crippen LogP contribution in [0.1, 0.15) is 6.42 Å². The first-order chi connectivity index (χ1) is 4.35. The smallest absolute Gasteiger partial charge is 0.0911 e. The van der Waals surface area contributed by atoms with Crippen molar-refractivity contribution in [2.45, 2.75) is 18.1 Å². The molecular formula is C6H10INO. The minimum Gasteiger partial charge on any atom is -0.371 e. The van der Waals surface area contributed by atoms with Crippen LogP contribution in [0.25, 0.3) is 0 Å². The second kappa shape index (κ2) is 2.07. The summed E-state index contributed by atoms with van der Waals surface area (Å²) >= 11 is 2.40. The lowest BCUT2D eigenvalue weighted by molar-refractivity contribution is 0.0150. The number of nitrogens with one attached hydrogen (secondary N) is 1. The van der Waals surface area contributed by atoms with Gasteiger partial charge in [0.1, 0.15) is 0 Å². The summed E-state index contributed by atoms with van der Waals surface area (Å²) in [4.78, 5) is 0. The summed E-state index contributed by atoms with van der Waals surface area (Å²) in [5, 5.41) is 3.42. The van der Waals surface area contributed by atoms with Crippen LogP contribution in [0, 0.1) is 0 Å². The Balaban J connectivity index is 2.13. The van der Waals surface area contributed by atoms with Gasteiger partial charge in [0.05, 0.1) is 12.2 Å². The highest BCUT2D eigenvalue weighted by Crippen LogP contribution is 2.32. The number of fused-ring (bicyclic) bond motifs is 2. The SMILES string of the molecule is ICC12CNC(CO1)C2. The number of halogens is 1. The van der Waals surface area contributed by atoms with Crippen LogP contribution < -0.4 is 5.32 Å². The molecular weight excluding hydrogens is 229 g/mol. The van der Waals surface area contributed by atoms with Gasteiger partial charge in [0.25, 0.3) is 0 Å². The quantitative estimate of drug-likeness (QED) is 0.533. The largest absolute Gasteiger partial charge is 0.371 e. The molecule has 2 bridgehead atoms. The highest BCUT2D eigenvalue weighted by atomic mass is 127. The standard InChI is InChI=1S/C6H10INO/c7-3-6-1-5(2-9-6)8-4-6/h5,8H,1-4H2. The van der Waals surface area contributed by atoms with Crippen LogP contribution in [0.2, 0.25) is 0 Å². The molecule has 2 aliphatic rings. The Morgan fingerprint density at radius 2 is 2.67 bits per heavy atom. The van der Waals surface area contributed by atoms with Crippen molar-refractivity contribution in [2.24, 2.45) is 0 Å². The fourth-order valence-electron chi connectivity index (χ4n) is 1.57. The van der Waals surface area contributed by atoms with E-state index in [9.17, 15) is 0 Å². The van der Waals surface area contributed by atoms with Crippen LogP contribution in [0.15, 0.2) is 0 Å². The first-order valence-corrected chi connectivity index (χ1v) is 4.81. The van der Waals surface area contributed by atoms with Crippen molar-refractivity contribution in [3.05, 3.63) is 0 Å². The number of ether oxygens (including phenoxy) is 1. The molecule has 2 unspecified atom stereocenters. The van der Waals surface area contributed by atoms with E-state index in [0.717, 1.165) is 17.6 Å². The molecule has 2 atom stereocenters. The van der Waals surface area contributed by atoms with Gasteiger partial charge < -0.3 is 10.1 Å². The molecule has 0 radical (unpaired) electrons. The predicted molar refractivity (Wildman–Crippen MR) is 44.0 cm³/mol. The minimum atomic E-state index is 0.227. The van der Waals surface area contributed by atoms with Crippen molar-refractivity contribution in [3.63, 3.8) is 0 Å². The van der Waals surface area contributed by atoms with Crippen molar-refractivity contribution < 1.29 is 4.74 Å². The van der Waals surface area contributed by atoms with E-state index in [2.05, 4.69) is 27.9 Å². The molecule has 0 spiro atoms. The summed E-state index contributed by atoms with van der Waals surface area (Å²) in [7, 11) is 0. The maximum atomic E-state index is 5.62. The van der Waals surface area contributed by atoms with Crippen LogP contribution in [-0.2, 0) is 4.74 Å². The highest BCUT2D eigenvalue weighted by molar-refractivity contribution is 14.1. The van der Waals surface area contributed by atoms with Gasteiger partial charge in [0, 0.05) is 17.0 Å². The first kappa shape index (κ1) is 6.37. The molecule has 0 aromatic rings. The van der Waals surface area contributed by atoms with E-state index in [-0.39, 0.29) is 5.60 Å². The molecule has 0 saturated carbocycles. The molecule has 2 saturated heterocycles. The van der Waals surface area contributed by atoms with Crippen molar-refractivity contribution in [1.82, 2.24) is 5.32 Å². The molecule has 0 aromatic carbocycles. The molecule has 3 heteroatoms. The Hall–Kier alpha value is 0.650. The van der Waals surface area contributed by atoms with Crippen LogP contribution >= 0.6 is 22.6 Å². The summed E-state index contributed by atoms with van der Waals surface area (Å²) in [6.45, 7) is 2.00. The van der Waals surface area contributed by atoms with Crippen molar-refractivity contribution in [3.8, 4) is 0 Å². The molecule has 9 heavy (non-hydrogen) atoms. The van der Waals surface area contributed by atoms with Crippen molar-refractivity contribution in [2.75, 3.05) is 17.6 Å². The van der Waals surface area contributed by atoms with Crippen LogP contribution in [-0.4, -0.2) is 29.2 Å². The summed E-state index contributed by atoms with van der Waals surface area (Å²) in [5.41, 5.74) is 0.227. The average Bonchev–Trinajstić information content (AvgIpc) is 2.46. The topological polar surface area (TPSA) is 21.3 Å². The van der Waals surface area contributed by atoms with E-state index in [1.807, 2.05) is 0 Å². The van der Waals surface area contributed by atoms with E-state index >= 15 is 0 Å². The van der Waals surface area contributed by atoms with Gasteiger partial charge in [0.15, 0.2) is 0 Å². The normalized spacial score (nSPS) is 48.3. The highest BCUT2D eigenvalue weighted by Gasteiger charge is 2.45. The lowest BCUT2D eigenvalue weighted by Crippen LogP contribution is -2.40. The third-order valence-corrected chi connectivity index (χ3v) is 3.56. The van der Waals surface area contributed by atoms with Gasteiger partial charge in [-0.05, 0) is 6.42 Å². The van der Waals surface area contributed by atoms with Crippen molar-refractivity contribution >= 4 is 22.6 Å². The molecule has 2 heterocycles. The van der Waals surface area contributed by atoms with Gasteiger partial charge in [-0.3, -0.25) is 0 Å². The van der Waals surface area contributed by atoms with E-state index in [0.29, 0.717) is 6.04 Å². The van der Waals surface area contributed by atoms with Gasteiger partial charge in [-0.2, -0.15) is 0 Å². The van der Waals surface area contributed by atoms with Gasteiger partial charge >= 0.3 is 0 Å². The molecule has 1 N–H and O–H groups in total. The molecule has 2 fully saturated rings. The average molecular weight is 239 g/mol. The number of morpholine rings is 1. The van der Waals surface area contributed by atoms with E-state index < -0.39 is 0 Å².